The fraction of sp³-hybridized carbons (Fsp3) is 0.367. The van der Waals surface area contributed by atoms with E-state index in [2.05, 4.69) is 36.4 Å². The van der Waals surface area contributed by atoms with Gasteiger partial charge in [-0.3, -0.25) is 0 Å². The zero-order valence-electron chi connectivity index (χ0n) is 21.0. The number of likely N-dealkylation sites (tertiary alicyclic amines) is 1. The average Bonchev–Trinajstić information content (AvgIpc) is 3.29. The van der Waals surface area contributed by atoms with E-state index in [0.717, 1.165) is 16.7 Å². The van der Waals surface area contributed by atoms with Crippen LogP contribution in [0, 0.1) is 0 Å². The zero-order chi connectivity index (χ0) is 24.9. The van der Waals surface area contributed by atoms with Gasteiger partial charge in [-0.15, -0.1) is 0 Å². The maximum Gasteiger partial charge on any atom is 0.410 e. The van der Waals surface area contributed by atoms with Crippen molar-refractivity contribution in [3.8, 4) is 0 Å². The quantitative estimate of drug-likeness (QED) is 0.394. The van der Waals surface area contributed by atoms with E-state index in [4.69, 9.17) is 14.2 Å². The molecule has 0 spiro atoms. The minimum absolute atomic E-state index is 0.0595. The molecule has 1 aliphatic heterocycles. The van der Waals surface area contributed by atoms with E-state index < -0.39 is 11.2 Å². The monoisotopic (exact) mass is 473 g/mol. The van der Waals surface area contributed by atoms with E-state index in [1.807, 2.05) is 75.4 Å². The Balaban J connectivity index is 1.73. The predicted molar refractivity (Wildman–Crippen MR) is 137 cm³/mol. The van der Waals surface area contributed by atoms with Gasteiger partial charge in [-0.1, -0.05) is 91.0 Å². The van der Waals surface area contributed by atoms with E-state index in [-0.39, 0.29) is 18.2 Å². The van der Waals surface area contributed by atoms with Gasteiger partial charge in [0, 0.05) is 7.11 Å². The molecular formula is C30H35NO4. The summed E-state index contributed by atoms with van der Waals surface area (Å²) in [5.74, 6) is 0. The third-order valence-electron chi connectivity index (χ3n) is 6.37. The van der Waals surface area contributed by atoms with Gasteiger partial charge in [-0.2, -0.15) is 0 Å². The maximum absolute atomic E-state index is 13.1. The highest BCUT2D eigenvalue weighted by molar-refractivity contribution is 5.69. The van der Waals surface area contributed by atoms with E-state index in [1.165, 1.54) is 0 Å². The summed E-state index contributed by atoms with van der Waals surface area (Å²) in [7, 11) is 1.68. The van der Waals surface area contributed by atoms with Crippen molar-refractivity contribution in [1.82, 2.24) is 4.90 Å². The molecule has 5 heteroatoms. The van der Waals surface area contributed by atoms with Crippen LogP contribution in [0.25, 0.3) is 0 Å². The Morgan fingerprint density at radius 1 is 0.829 bits per heavy atom. The van der Waals surface area contributed by atoms with Gasteiger partial charge in [-0.25, -0.2) is 4.79 Å². The van der Waals surface area contributed by atoms with E-state index in [9.17, 15) is 4.79 Å². The lowest BCUT2D eigenvalue weighted by atomic mass is 9.80. The molecule has 0 bridgehead atoms. The van der Waals surface area contributed by atoms with Crippen molar-refractivity contribution in [2.45, 2.75) is 50.5 Å². The molecule has 1 saturated heterocycles. The molecule has 1 amide bonds. The number of rotatable bonds is 7. The smallest absolute Gasteiger partial charge is 0.410 e. The van der Waals surface area contributed by atoms with E-state index >= 15 is 0 Å². The number of carbonyl (C=O) groups excluding carboxylic acids is 1. The normalized spacial score (nSPS) is 18.5. The topological polar surface area (TPSA) is 48.0 Å². The molecule has 3 aromatic rings. The van der Waals surface area contributed by atoms with Crippen LogP contribution in [-0.4, -0.2) is 49.0 Å². The lowest BCUT2D eigenvalue weighted by molar-refractivity contribution is -0.0251. The molecule has 0 aliphatic carbocycles. The largest absolute Gasteiger partial charge is 0.444 e. The van der Waals surface area contributed by atoms with Crippen LogP contribution in [0.4, 0.5) is 4.79 Å². The van der Waals surface area contributed by atoms with Crippen LogP contribution in [0.1, 0.15) is 43.9 Å². The summed E-state index contributed by atoms with van der Waals surface area (Å²) in [4.78, 5) is 14.8. The van der Waals surface area contributed by atoms with Crippen LogP contribution < -0.4 is 0 Å². The minimum Gasteiger partial charge on any atom is -0.444 e. The summed E-state index contributed by atoms with van der Waals surface area (Å²) in [5.41, 5.74) is 1.68. The van der Waals surface area contributed by atoms with Crippen molar-refractivity contribution in [3.05, 3.63) is 108 Å². The number of methoxy groups -OCH3 is 1. The highest BCUT2D eigenvalue weighted by atomic mass is 16.6. The molecular weight excluding hydrogens is 438 g/mol. The number of ether oxygens (including phenoxy) is 3. The molecule has 0 unspecified atom stereocenters. The van der Waals surface area contributed by atoms with Crippen molar-refractivity contribution in [2.75, 3.05) is 20.3 Å². The summed E-state index contributed by atoms with van der Waals surface area (Å²) >= 11 is 0. The zero-order valence-corrected chi connectivity index (χ0v) is 21.0. The summed E-state index contributed by atoms with van der Waals surface area (Å²) in [5, 5.41) is 0. The summed E-state index contributed by atoms with van der Waals surface area (Å²) in [6.45, 7) is 6.45. The fourth-order valence-electron chi connectivity index (χ4n) is 4.74. The first-order valence-corrected chi connectivity index (χ1v) is 12.2. The Morgan fingerprint density at radius 3 is 1.69 bits per heavy atom. The van der Waals surface area contributed by atoms with Crippen molar-refractivity contribution >= 4 is 6.09 Å². The SMILES string of the molecule is CO[C@H]1C[C@@H](COC(c2ccccc2)(c2ccccc2)c2ccccc2)N(C(=O)OC(C)(C)C)C1. The summed E-state index contributed by atoms with van der Waals surface area (Å²) in [6.07, 6.45) is 0.288. The van der Waals surface area contributed by atoms with Gasteiger partial charge in [0.25, 0.3) is 0 Å². The first-order valence-electron chi connectivity index (χ1n) is 12.2. The molecule has 0 aromatic heterocycles. The number of amides is 1. The van der Waals surface area contributed by atoms with Gasteiger partial charge in [0.15, 0.2) is 0 Å². The van der Waals surface area contributed by atoms with Gasteiger partial charge in [0.05, 0.1) is 25.3 Å². The first-order chi connectivity index (χ1) is 16.8. The van der Waals surface area contributed by atoms with Crippen LogP contribution in [0.15, 0.2) is 91.0 Å². The standard InChI is InChI=1S/C30H35NO4/c1-29(2,3)35-28(32)31-21-27(33-4)20-26(31)22-34-30(23-14-8-5-9-15-23,24-16-10-6-11-17-24)25-18-12-7-13-19-25/h5-19,26-27H,20-22H2,1-4H3/t26-,27-/m0/s1. The highest BCUT2D eigenvalue weighted by Crippen LogP contribution is 2.41. The molecule has 184 valence electrons. The molecule has 0 N–H and O–H groups in total. The molecule has 3 aromatic carbocycles. The van der Waals surface area contributed by atoms with Crippen molar-refractivity contribution in [1.29, 1.82) is 0 Å². The third-order valence-corrected chi connectivity index (χ3v) is 6.37. The molecule has 1 heterocycles. The molecule has 4 rings (SSSR count). The molecule has 35 heavy (non-hydrogen) atoms. The number of hydrogen-bond donors (Lipinski definition) is 0. The number of hydrogen-bond acceptors (Lipinski definition) is 4. The lowest BCUT2D eigenvalue weighted by Crippen LogP contribution is -2.44. The van der Waals surface area contributed by atoms with Gasteiger partial charge < -0.3 is 19.1 Å². The molecule has 0 radical (unpaired) electrons. The van der Waals surface area contributed by atoms with Crippen LogP contribution in [0.5, 0.6) is 0 Å². The van der Waals surface area contributed by atoms with E-state index in [1.54, 1.807) is 12.0 Å². The highest BCUT2D eigenvalue weighted by Gasteiger charge is 2.42. The van der Waals surface area contributed by atoms with Crippen LogP contribution in [0.2, 0.25) is 0 Å². The fourth-order valence-corrected chi connectivity index (χ4v) is 4.74. The third kappa shape index (κ3) is 5.58. The molecule has 2 atom stereocenters. The Bertz CT molecular complexity index is 983. The molecule has 1 aliphatic rings. The lowest BCUT2D eigenvalue weighted by Gasteiger charge is -2.38. The molecule has 5 nitrogen and oxygen atoms in total. The predicted octanol–water partition coefficient (Wildman–Crippen LogP) is 6.02. The first kappa shape index (κ1) is 25.0. The van der Waals surface area contributed by atoms with Gasteiger partial charge >= 0.3 is 6.09 Å². The van der Waals surface area contributed by atoms with Crippen LogP contribution >= 0.6 is 0 Å². The van der Waals surface area contributed by atoms with Crippen LogP contribution in [-0.2, 0) is 19.8 Å². The van der Waals surface area contributed by atoms with Crippen molar-refractivity contribution < 1.29 is 19.0 Å². The number of nitrogens with zero attached hydrogens (tertiary/aromatic N) is 1. The number of carbonyl (C=O) groups is 1. The van der Waals surface area contributed by atoms with Crippen molar-refractivity contribution in [2.24, 2.45) is 0 Å². The summed E-state index contributed by atoms with van der Waals surface area (Å²) in [6, 6.07) is 30.6. The average molecular weight is 474 g/mol. The van der Waals surface area contributed by atoms with Gasteiger partial charge in [0.2, 0.25) is 0 Å². The van der Waals surface area contributed by atoms with Crippen LogP contribution in [0.3, 0.4) is 0 Å². The van der Waals surface area contributed by atoms with Crippen molar-refractivity contribution in [3.63, 3.8) is 0 Å². The maximum atomic E-state index is 13.1. The number of benzene rings is 3. The molecule has 0 saturated carbocycles. The second-order valence-electron chi connectivity index (χ2n) is 9.97. The van der Waals surface area contributed by atoms with Gasteiger partial charge in [-0.05, 0) is 43.9 Å². The Morgan fingerprint density at radius 2 is 1.29 bits per heavy atom. The van der Waals surface area contributed by atoms with Gasteiger partial charge in [0.1, 0.15) is 11.2 Å². The Kier molecular flexibility index (Phi) is 7.58. The Hall–Kier alpha value is -3.15. The second kappa shape index (κ2) is 10.6. The minimum atomic E-state index is -0.839. The second-order valence-corrected chi connectivity index (χ2v) is 9.97. The molecule has 1 fully saturated rings. The Labute approximate surface area is 208 Å². The summed E-state index contributed by atoms with van der Waals surface area (Å²) < 4.78 is 18.3. The van der Waals surface area contributed by atoms with E-state index in [0.29, 0.717) is 19.6 Å².